The molecular weight excluding hydrogens is 504 g/mol. The van der Waals surface area contributed by atoms with Crippen LogP contribution in [0.25, 0.3) is 0 Å². The molecule has 0 unspecified atom stereocenters. The zero-order valence-electron chi connectivity index (χ0n) is 16.8. The summed E-state index contributed by atoms with van der Waals surface area (Å²) in [5, 5.41) is 10.7. The molecule has 3 rings (SSSR count). The van der Waals surface area contributed by atoms with Crippen LogP contribution in [-0.4, -0.2) is 29.4 Å². The minimum atomic E-state index is -4.53. The van der Waals surface area contributed by atoms with E-state index in [1.165, 1.54) is 6.92 Å². The smallest absolute Gasteiger partial charge is 0.258 e. The van der Waals surface area contributed by atoms with E-state index >= 15 is 0 Å². The first-order chi connectivity index (χ1) is 13.9. The minimum Gasteiger partial charge on any atom is -0.258 e. The maximum absolute atomic E-state index is 13.7. The van der Waals surface area contributed by atoms with Gasteiger partial charge >= 0.3 is 6.18 Å². The van der Waals surface area contributed by atoms with Gasteiger partial charge in [0.2, 0.25) is 10.0 Å². The molecule has 0 aromatic heterocycles. The second-order valence-electron chi connectivity index (χ2n) is 8.59. The Morgan fingerprint density at radius 1 is 1.13 bits per heavy atom. The Morgan fingerprint density at radius 2 is 1.61 bits per heavy atom. The quantitative estimate of drug-likeness (QED) is 0.303. The van der Waals surface area contributed by atoms with E-state index in [0.717, 1.165) is 24.3 Å². The van der Waals surface area contributed by atoms with Gasteiger partial charge in [0.1, 0.15) is 0 Å². The highest BCUT2D eigenvalue weighted by atomic mass is 35.6. The van der Waals surface area contributed by atoms with E-state index in [9.17, 15) is 31.7 Å². The summed E-state index contributed by atoms with van der Waals surface area (Å²) in [5.41, 5.74) is -2.21. The Morgan fingerprint density at radius 3 is 2.03 bits per heavy atom. The van der Waals surface area contributed by atoms with Crippen LogP contribution in [-0.2, 0) is 10.0 Å². The molecular formula is C18H22Cl3F3N2O4S. The van der Waals surface area contributed by atoms with Gasteiger partial charge in [-0.15, -0.1) is 0 Å². The van der Waals surface area contributed by atoms with Crippen molar-refractivity contribution in [3.63, 3.8) is 0 Å². The van der Waals surface area contributed by atoms with E-state index in [0.29, 0.717) is 0 Å². The van der Waals surface area contributed by atoms with Crippen molar-refractivity contribution in [3.05, 3.63) is 34.4 Å². The predicted molar refractivity (Wildman–Crippen MR) is 113 cm³/mol. The van der Waals surface area contributed by atoms with Crippen molar-refractivity contribution < 1.29 is 26.5 Å². The molecule has 0 bridgehead atoms. The van der Waals surface area contributed by atoms with Gasteiger partial charge in [0.05, 0.1) is 15.7 Å². The van der Waals surface area contributed by atoms with Gasteiger partial charge in [0.15, 0.2) is 4.30 Å². The van der Waals surface area contributed by atoms with Crippen LogP contribution in [0.15, 0.2) is 29.2 Å². The SMILES string of the molecule is CC1(C)[C@@H]2C[C@@H](C(F)(F)F)[C@](C)(NS(=O)(=O)c3ccc([N+](=O)[O-])cc3)C[C@@H]21.ClC(Cl)Cl. The molecule has 0 heterocycles. The maximum atomic E-state index is 13.7. The number of nitro benzene ring substituents is 1. The van der Waals surface area contributed by atoms with E-state index in [1.807, 2.05) is 13.8 Å². The fourth-order valence-corrected chi connectivity index (χ4v) is 6.02. The molecule has 2 aliphatic rings. The van der Waals surface area contributed by atoms with Crippen LogP contribution in [0.4, 0.5) is 18.9 Å². The van der Waals surface area contributed by atoms with E-state index in [-0.39, 0.29) is 40.7 Å². The van der Waals surface area contributed by atoms with Crippen LogP contribution in [0.3, 0.4) is 0 Å². The maximum Gasteiger partial charge on any atom is 0.393 e. The lowest BCUT2D eigenvalue weighted by molar-refractivity contribution is -0.384. The third kappa shape index (κ3) is 5.96. The number of nitrogens with zero attached hydrogens (tertiary/aromatic N) is 1. The molecule has 0 spiro atoms. The monoisotopic (exact) mass is 524 g/mol. The van der Waals surface area contributed by atoms with Gasteiger partial charge in [-0.3, -0.25) is 10.1 Å². The van der Waals surface area contributed by atoms with Crippen LogP contribution >= 0.6 is 34.8 Å². The Balaban J connectivity index is 0.000000785. The number of nitro groups is 1. The molecule has 6 nitrogen and oxygen atoms in total. The molecule has 2 aliphatic carbocycles. The van der Waals surface area contributed by atoms with Gasteiger partial charge in [0.25, 0.3) is 5.69 Å². The molecule has 1 aromatic rings. The highest BCUT2D eigenvalue weighted by Gasteiger charge is 2.68. The molecule has 1 N–H and O–H groups in total. The first-order valence-electron chi connectivity index (χ1n) is 9.19. The van der Waals surface area contributed by atoms with Crippen molar-refractivity contribution in [1.29, 1.82) is 0 Å². The zero-order valence-corrected chi connectivity index (χ0v) is 19.9. The Hall–Kier alpha value is -0.810. The molecule has 176 valence electrons. The summed E-state index contributed by atoms with van der Waals surface area (Å²) in [4.78, 5) is 9.72. The molecule has 4 atom stereocenters. The standard InChI is InChI=1S/C17H21F3N2O4S.CHCl3/c1-15(2)12-8-14(17(18,19)20)16(3,9-13(12)15)21-27(25,26)11-6-4-10(5-7-11)22(23)24;2-1(3)4/h4-7,12-14,21H,8-9H2,1-3H3;1H/t12-,13+,14-,16-;/m1./s1. The van der Waals surface area contributed by atoms with E-state index in [1.54, 1.807) is 0 Å². The number of nitrogens with one attached hydrogen (secondary N) is 1. The molecule has 0 aliphatic heterocycles. The van der Waals surface area contributed by atoms with E-state index < -0.39 is 36.9 Å². The van der Waals surface area contributed by atoms with Crippen molar-refractivity contribution >= 4 is 50.5 Å². The van der Waals surface area contributed by atoms with Gasteiger partial charge in [-0.1, -0.05) is 48.7 Å². The van der Waals surface area contributed by atoms with Crippen LogP contribution in [0.1, 0.15) is 33.6 Å². The summed E-state index contributed by atoms with van der Waals surface area (Å²) in [6, 6.07) is 4.08. The lowest BCUT2D eigenvalue weighted by Gasteiger charge is -2.42. The Bertz CT molecular complexity index is 923. The lowest BCUT2D eigenvalue weighted by atomic mass is 9.74. The van der Waals surface area contributed by atoms with E-state index in [2.05, 4.69) is 4.72 Å². The summed E-state index contributed by atoms with van der Waals surface area (Å²) >= 11 is 14.4. The number of rotatable bonds is 4. The second kappa shape index (κ2) is 8.85. The van der Waals surface area contributed by atoms with Gasteiger partial charge in [0, 0.05) is 17.7 Å². The average Bonchev–Trinajstić information content (AvgIpc) is 3.11. The fourth-order valence-electron chi connectivity index (χ4n) is 4.56. The molecule has 2 fully saturated rings. The number of fused-ring (bicyclic) bond motifs is 1. The Kier molecular flexibility index (Phi) is 7.55. The summed E-state index contributed by atoms with van der Waals surface area (Å²) in [7, 11) is -4.27. The van der Waals surface area contributed by atoms with Gasteiger partial charge < -0.3 is 0 Å². The number of hydrogen-bond acceptors (Lipinski definition) is 4. The van der Waals surface area contributed by atoms with Gasteiger partial charge in [-0.05, 0) is 49.1 Å². The number of benzene rings is 1. The average molecular weight is 526 g/mol. The first-order valence-corrected chi connectivity index (χ1v) is 12.0. The van der Waals surface area contributed by atoms with E-state index in [4.69, 9.17) is 34.8 Å². The van der Waals surface area contributed by atoms with Crippen molar-refractivity contribution in [2.45, 2.75) is 54.5 Å². The number of alkyl halides is 6. The summed E-state index contributed by atoms with van der Waals surface area (Å²) in [6.45, 7) is 5.12. The van der Waals surface area contributed by atoms with Gasteiger partial charge in [-0.2, -0.15) is 13.2 Å². The van der Waals surface area contributed by atoms with Gasteiger partial charge in [-0.25, -0.2) is 13.1 Å². The molecule has 0 radical (unpaired) electrons. The highest BCUT2D eigenvalue weighted by molar-refractivity contribution is 7.89. The second-order valence-corrected chi connectivity index (χ2v) is 12.3. The minimum absolute atomic E-state index is 0.0284. The highest BCUT2D eigenvalue weighted by Crippen LogP contribution is 2.69. The molecule has 0 saturated heterocycles. The van der Waals surface area contributed by atoms with Crippen LogP contribution in [0, 0.1) is 33.3 Å². The summed E-state index contributed by atoms with van der Waals surface area (Å²) in [5.74, 6) is -1.83. The normalized spacial score (nSPS) is 29.5. The van der Waals surface area contributed by atoms with Crippen molar-refractivity contribution in [1.82, 2.24) is 4.72 Å². The molecule has 31 heavy (non-hydrogen) atoms. The first kappa shape index (κ1) is 26.4. The summed E-state index contributed by atoms with van der Waals surface area (Å²) < 4.78 is 68.0. The largest absolute Gasteiger partial charge is 0.393 e. The lowest BCUT2D eigenvalue weighted by Crippen LogP contribution is -2.57. The zero-order chi connectivity index (χ0) is 24.0. The third-order valence-corrected chi connectivity index (χ3v) is 7.94. The molecule has 1 aromatic carbocycles. The van der Waals surface area contributed by atoms with Crippen molar-refractivity contribution in [2.24, 2.45) is 23.2 Å². The van der Waals surface area contributed by atoms with Crippen LogP contribution in [0.2, 0.25) is 0 Å². The topological polar surface area (TPSA) is 89.3 Å². The van der Waals surface area contributed by atoms with Crippen molar-refractivity contribution in [3.8, 4) is 0 Å². The number of halogens is 6. The molecule has 2 saturated carbocycles. The Labute approximate surface area is 193 Å². The van der Waals surface area contributed by atoms with Crippen LogP contribution < -0.4 is 4.72 Å². The molecule has 13 heteroatoms. The third-order valence-electron chi connectivity index (χ3n) is 6.31. The fraction of sp³-hybridized carbons (Fsp3) is 0.667. The number of non-ortho nitro benzene ring substituents is 1. The molecule has 0 amide bonds. The number of sulfonamides is 1. The number of hydrogen-bond donors (Lipinski definition) is 1. The van der Waals surface area contributed by atoms with Crippen molar-refractivity contribution in [2.75, 3.05) is 0 Å². The predicted octanol–water partition coefficient (Wildman–Crippen LogP) is 5.86. The summed E-state index contributed by atoms with van der Waals surface area (Å²) in [6.07, 6.45) is -4.54. The van der Waals surface area contributed by atoms with Crippen LogP contribution in [0.5, 0.6) is 0 Å².